The van der Waals surface area contributed by atoms with Crippen LogP contribution in [0.4, 0.5) is 20.5 Å². The average molecular weight is 459 g/mol. The number of ether oxygens (including phenoxy) is 2. The van der Waals surface area contributed by atoms with Crippen LogP contribution < -0.4 is 10.6 Å². The number of aromatic nitrogens is 1. The Kier molecular flexibility index (Phi) is 6.39. The fraction of sp³-hybridized carbons (Fsp3) is 0.522. The van der Waals surface area contributed by atoms with Crippen molar-refractivity contribution in [1.29, 1.82) is 0 Å². The summed E-state index contributed by atoms with van der Waals surface area (Å²) in [5, 5.41) is 5.78. The molecule has 0 saturated carbocycles. The van der Waals surface area contributed by atoms with Crippen molar-refractivity contribution in [1.82, 2.24) is 9.88 Å². The van der Waals surface area contributed by atoms with Crippen LogP contribution >= 0.6 is 11.3 Å². The van der Waals surface area contributed by atoms with Gasteiger partial charge in [-0.05, 0) is 65.2 Å². The predicted octanol–water partition coefficient (Wildman–Crippen LogP) is 5.19. The van der Waals surface area contributed by atoms with Crippen LogP contribution in [0, 0.1) is 5.41 Å². The number of hydrogen-bond acceptors (Lipinski definition) is 7. The van der Waals surface area contributed by atoms with Gasteiger partial charge in [-0.3, -0.25) is 10.6 Å². The van der Waals surface area contributed by atoms with Gasteiger partial charge in [-0.1, -0.05) is 41.7 Å². The number of hydrogen-bond donors (Lipinski definition) is 2. The second-order valence-electron chi connectivity index (χ2n) is 9.48. The molecule has 3 aliphatic heterocycles. The molecule has 0 unspecified atom stereocenters. The molecule has 5 rings (SSSR count). The molecule has 0 atom stereocenters. The Morgan fingerprint density at radius 1 is 1.06 bits per heavy atom. The molecule has 0 radical (unpaired) electrons. The number of nitrogens with one attached hydrogen (secondary N) is 2. The van der Waals surface area contributed by atoms with E-state index in [4.69, 9.17) is 9.47 Å². The van der Waals surface area contributed by atoms with Crippen molar-refractivity contribution in [3.63, 3.8) is 0 Å². The molecule has 9 heteroatoms. The number of rotatable bonds is 5. The third-order valence-corrected chi connectivity index (χ3v) is 6.90. The van der Waals surface area contributed by atoms with E-state index in [1.165, 1.54) is 11.3 Å². The van der Waals surface area contributed by atoms with Gasteiger partial charge in [0.25, 0.3) is 0 Å². The van der Waals surface area contributed by atoms with Gasteiger partial charge in [0.05, 0.1) is 11.5 Å². The Balaban J connectivity index is 1.45. The Labute approximate surface area is 192 Å². The Bertz CT molecular complexity index is 948. The molecule has 2 amide bonds. The topological polar surface area (TPSA) is 92.8 Å². The zero-order valence-corrected chi connectivity index (χ0v) is 19.6. The largest absolute Gasteiger partial charge is 0.449 e. The van der Waals surface area contributed by atoms with Gasteiger partial charge in [0.15, 0.2) is 10.9 Å². The van der Waals surface area contributed by atoms with Gasteiger partial charge in [0.1, 0.15) is 5.60 Å². The van der Waals surface area contributed by atoms with Gasteiger partial charge in [-0.15, -0.1) is 0 Å². The van der Waals surface area contributed by atoms with E-state index in [2.05, 4.69) is 20.5 Å². The molecule has 3 saturated heterocycles. The molecule has 2 N–H and O–H groups in total. The molecule has 3 fully saturated rings. The van der Waals surface area contributed by atoms with Crippen molar-refractivity contribution in [3.8, 4) is 10.4 Å². The van der Waals surface area contributed by atoms with Crippen LogP contribution in [0.25, 0.3) is 10.4 Å². The van der Waals surface area contributed by atoms with Gasteiger partial charge < -0.3 is 14.4 Å². The molecular formula is C23H30N4O4S. The first-order chi connectivity index (χ1) is 15.2. The number of carbonyl (C=O) groups excluding carboxylic acids is 2. The number of fused-ring (bicyclic) bond motifs is 3. The third kappa shape index (κ3) is 5.58. The van der Waals surface area contributed by atoms with Crippen molar-refractivity contribution < 1.29 is 19.1 Å². The smallest absolute Gasteiger partial charge is 0.413 e. The lowest BCUT2D eigenvalue weighted by molar-refractivity contribution is -0.0190. The Hall–Kier alpha value is -2.65. The molecule has 2 bridgehead atoms. The maximum Gasteiger partial charge on any atom is 0.413 e. The summed E-state index contributed by atoms with van der Waals surface area (Å²) in [6.07, 6.45) is 2.07. The molecule has 4 heterocycles. The fourth-order valence-electron chi connectivity index (χ4n) is 4.10. The molecule has 1 aromatic carbocycles. The zero-order chi connectivity index (χ0) is 22.8. The lowest BCUT2D eigenvalue weighted by atomic mass is 9.73. The predicted molar refractivity (Wildman–Crippen MR) is 125 cm³/mol. The highest BCUT2D eigenvalue weighted by atomic mass is 32.1. The first kappa shape index (κ1) is 22.5. The van der Waals surface area contributed by atoms with E-state index >= 15 is 0 Å². The number of anilines is 2. The molecule has 8 nitrogen and oxygen atoms in total. The number of nitrogens with zero attached hydrogens (tertiary/aromatic N) is 2. The maximum absolute atomic E-state index is 12.6. The fourth-order valence-corrected chi connectivity index (χ4v) is 5.01. The highest BCUT2D eigenvalue weighted by Gasteiger charge is 2.40. The van der Waals surface area contributed by atoms with E-state index in [0.717, 1.165) is 49.3 Å². The summed E-state index contributed by atoms with van der Waals surface area (Å²) in [5.74, 6) is 0.355. The first-order valence-corrected chi connectivity index (χ1v) is 11.8. The van der Waals surface area contributed by atoms with Crippen LogP contribution in [0.5, 0.6) is 0 Å². The van der Waals surface area contributed by atoms with Crippen LogP contribution in [0.3, 0.4) is 0 Å². The van der Waals surface area contributed by atoms with Gasteiger partial charge in [0, 0.05) is 5.41 Å². The van der Waals surface area contributed by atoms with E-state index in [0.29, 0.717) is 17.6 Å². The van der Waals surface area contributed by atoms with E-state index < -0.39 is 17.8 Å². The molecule has 1 aromatic heterocycles. The summed E-state index contributed by atoms with van der Waals surface area (Å²) in [4.78, 5) is 32.4. The molecule has 0 spiro atoms. The molecule has 2 aromatic rings. The highest BCUT2D eigenvalue weighted by molar-refractivity contribution is 7.19. The van der Waals surface area contributed by atoms with Crippen LogP contribution in [0.1, 0.15) is 40.0 Å². The molecule has 0 aliphatic carbocycles. The second-order valence-corrected chi connectivity index (χ2v) is 10.5. The summed E-state index contributed by atoms with van der Waals surface area (Å²) in [7, 11) is 0. The molecule has 32 heavy (non-hydrogen) atoms. The van der Waals surface area contributed by atoms with Gasteiger partial charge >= 0.3 is 12.2 Å². The van der Waals surface area contributed by atoms with Crippen LogP contribution in [0.15, 0.2) is 30.3 Å². The van der Waals surface area contributed by atoms with Crippen molar-refractivity contribution in [2.45, 2.75) is 45.6 Å². The Morgan fingerprint density at radius 2 is 1.72 bits per heavy atom. The van der Waals surface area contributed by atoms with Gasteiger partial charge in [-0.2, -0.15) is 0 Å². The molecule has 3 aliphatic rings. The van der Waals surface area contributed by atoms with Crippen molar-refractivity contribution in [2.24, 2.45) is 5.41 Å². The van der Waals surface area contributed by atoms with Crippen LogP contribution in [0.2, 0.25) is 0 Å². The SMILES string of the molecule is CC(C)(C)OC(=O)Nc1nc(NC(=O)OCC23CCN(CC2)CC3)c(-c2ccccc2)s1. The monoisotopic (exact) mass is 458 g/mol. The van der Waals surface area contributed by atoms with Crippen molar-refractivity contribution in [3.05, 3.63) is 30.3 Å². The minimum absolute atomic E-state index is 0.0971. The van der Waals surface area contributed by atoms with Gasteiger partial charge in [-0.25, -0.2) is 14.6 Å². The van der Waals surface area contributed by atoms with E-state index in [1.54, 1.807) is 20.8 Å². The number of thiazole rings is 1. The second kappa shape index (κ2) is 9.07. The van der Waals surface area contributed by atoms with Crippen LogP contribution in [-0.2, 0) is 9.47 Å². The van der Waals surface area contributed by atoms with E-state index in [1.807, 2.05) is 30.3 Å². The minimum atomic E-state index is -0.622. The Morgan fingerprint density at radius 3 is 2.34 bits per heavy atom. The van der Waals surface area contributed by atoms with Crippen molar-refractivity contribution >= 4 is 34.5 Å². The lowest BCUT2D eigenvalue weighted by Gasteiger charge is -2.47. The summed E-state index contributed by atoms with van der Waals surface area (Å²) in [6, 6.07) is 9.59. The number of benzene rings is 1. The normalized spacial score (nSPS) is 22.3. The third-order valence-electron chi connectivity index (χ3n) is 5.88. The standard InChI is InChI=1S/C23H30N4O4S/c1-22(2,3)31-21(29)26-19-24-18(17(32-19)16-7-5-4-6-8-16)25-20(28)30-15-23-9-12-27(13-10-23)14-11-23/h4-8H,9-15H2,1-3H3,(H,25,28)(H,24,26,29). The lowest BCUT2D eigenvalue weighted by Crippen LogP contribution is -2.50. The summed E-state index contributed by atoms with van der Waals surface area (Å²) >= 11 is 1.27. The summed E-state index contributed by atoms with van der Waals surface area (Å²) in [6.45, 7) is 9.03. The summed E-state index contributed by atoms with van der Waals surface area (Å²) in [5.41, 5.74) is 0.360. The highest BCUT2D eigenvalue weighted by Crippen LogP contribution is 2.40. The number of amides is 2. The summed E-state index contributed by atoms with van der Waals surface area (Å²) < 4.78 is 10.9. The average Bonchev–Trinajstić information content (AvgIpc) is 3.14. The van der Waals surface area contributed by atoms with Crippen LogP contribution in [-0.4, -0.2) is 53.9 Å². The number of carbonyl (C=O) groups is 2. The zero-order valence-electron chi connectivity index (χ0n) is 18.8. The van der Waals surface area contributed by atoms with E-state index in [9.17, 15) is 9.59 Å². The van der Waals surface area contributed by atoms with Crippen molar-refractivity contribution in [2.75, 3.05) is 36.9 Å². The quantitative estimate of drug-likeness (QED) is 0.640. The van der Waals surface area contributed by atoms with E-state index in [-0.39, 0.29) is 5.41 Å². The minimum Gasteiger partial charge on any atom is -0.449 e. The first-order valence-electron chi connectivity index (χ1n) is 10.9. The van der Waals surface area contributed by atoms with Gasteiger partial charge in [0.2, 0.25) is 0 Å². The maximum atomic E-state index is 12.6. The molecular weight excluding hydrogens is 428 g/mol. The number of piperidine rings is 3. The molecule has 172 valence electrons.